The maximum absolute atomic E-state index is 11.2. The molecule has 2 fully saturated rings. The van der Waals surface area contributed by atoms with Gasteiger partial charge in [0, 0.05) is 0 Å². The summed E-state index contributed by atoms with van der Waals surface area (Å²) >= 11 is 0. The third-order valence-corrected chi connectivity index (χ3v) is 4.60. The molecule has 2 heterocycles. The normalized spacial score (nSPS) is 39.8. The molecule has 2 aliphatic heterocycles. The minimum Gasteiger partial charge on any atom is -0.390 e. The van der Waals surface area contributed by atoms with Crippen molar-refractivity contribution in [2.75, 3.05) is 24.6 Å². The zero-order valence-electron chi connectivity index (χ0n) is 7.52. The molecule has 2 saturated heterocycles. The van der Waals surface area contributed by atoms with Gasteiger partial charge in [0.05, 0.1) is 23.7 Å². The predicted octanol–water partition coefficient (Wildman–Crippen LogP) is -0.760. The molecule has 2 atom stereocenters. The molecule has 0 spiro atoms. The SMILES string of the molecule is O=S1(=O)C[C@@H](O)[C@@H](N2CCCC2)C1. The summed E-state index contributed by atoms with van der Waals surface area (Å²) in [6.07, 6.45) is 1.59. The van der Waals surface area contributed by atoms with Gasteiger partial charge < -0.3 is 5.11 Å². The van der Waals surface area contributed by atoms with E-state index in [-0.39, 0.29) is 17.5 Å². The quantitative estimate of drug-likeness (QED) is 0.611. The van der Waals surface area contributed by atoms with Crippen molar-refractivity contribution in [1.29, 1.82) is 0 Å². The molecule has 0 radical (unpaired) electrons. The van der Waals surface area contributed by atoms with Crippen LogP contribution in [0.25, 0.3) is 0 Å². The summed E-state index contributed by atoms with van der Waals surface area (Å²) in [6.45, 7) is 1.88. The highest BCUT2D eigenvalue weighted by Crippen LogP contribution is 2.22. The van der Waals surface area contributed by atoms with Crippen LogP contribution >= 0.6 is 0 Å². The Kier molecular flexibility index (Phi) is 2.33. The van der Waals surface area contributed by atoms with E-state index in [2.05, 4.69) is 4.90 Å². The molecule has 0 aromatic carbocycles. The summed E-state index contributed by atoms with van der Waals surface area (Å²) < 4.78 is 22.4. The molecule has 2 aliphatic rings. The number of sulfone groups is 1. The fourth-order valence-electron chi connectivity index (χ4n) is 2.23. The monoisotopic (exact) mass is 205 g/mol. The number of aliphatic hydroxyl groups is 1. The van der Waals surface area contributed by atoms with Crippen molar-refractivity contribution in [3.05, 3.63) is 0 Å². The minimum atomic E-state index is -2.97. The second kappa shape index (κ2) is 3.22. The molecule has 1 N–H and O–H groups in total. The van der Waals surface area contributed by atoms with Crippen molar-refractivity contribution in [1.82, 2.24) is 4.90 Å². The average molecular weight is 205 g/mol. The molecule has 0 aliphatic carbocycles. The first-order valence-corrected chi connectivity index (χ1v) is 6.53. The lowest BCUT2D eigenvalue weighted by molar-refractivity contribution is 0.0988. The molecule has 4 nitrogen and oxygen atoms in total. The lowest BCUT2D eigenvalue weighted by Crippen LogP contribution is -2.41. The molecular formula is C8H15NO3S. The van der Waals surface area contributed by atoms with E-state index < -0.39 is 15.9 Å². The summed E-state index contributed by atoms with van der Waals surface area (Å²) in [7, 11) is -2.97. The molecule has 13 heavy (non-hydrogen) atoms. The van der Waals surface area contributed by atoms with Crippen LogP contribution < -0.4 is 0 Å². The number of hydrogen-bond donors (Lipinski definition) is 1. The minimum absolute atomic E-state index is 0.0475. The Labute approximate surface area is 78.5 Å². The van der Waals surface area contributed by atoms with Crippen LogP contribution in [0.15, 0.2) is 0 Å². The van der Waals surface area contributed by atoms with Crippen LogP contribution in [0.2, 0.25) is 0 Å². The largest absolute Gasteiger partial charge is 0.390 e. The van der Waals surface area contributed by atoms with Gasteiger partial charge in [-0.05, 0) is 25.9 Å². The van der Waals surface area contributed by atoms with Gasteiger partial charge in [0.25, 0.3) is 0 Å². The van der Waals surface area contributed by atoms with Crippen LogP contribution in [0.1, 0.15) is 12.8 Å². The molecule has 0 aromatic heterocycles. The van der Waals surface area contributed by atoms with Crippen LogP contribution in [0, 0.1) is 0 Å². The van der Waals surface area contributed by atoms with Crippen LogP contribution in [0.4, 0.5) is 0 Å². The standard InChI is InChI=1S/C8H15NO3S/c10-8-6-13(11,12)5-7(8)9-3-1-2-4-9/h7-8,10H,1-6H2/t7-,8+/m0/s1. The van der Waals surface area contributed by atoms with E-state index in [0.29, 0.717) is 0 Å². The molecular weight excluding hydrogens is 190 g/mol. The van der Waals surface area contributed by atoms with Crippen molar-refractivity contribution < 1.29 is 13.5 Å². The van der Waals surface area contributed by atoms with Gasteiger partial charge in [-0.15, -0.1) is 0 Å². The number of hydrogen-bond acceptors (Lipinski definition) is 4. The van der Waals surface area contributed by atoms with E-state index >= 15 is 0 Å². The molecule has 0 saturated carbocycles. The van der Waals surface area contributed by atoms with Crippen molar-refractivity contribution in [3.63, 3.8) is 0 Å². The van der Waals surface area contributed by atoms with Crippen molar-refractivity contribution in [2.24, 2.45) is 0 Å². The van der Waals surface area contributed by atoms with E-state index in [1.165, 1.54) is 0 Å². The maximum Gasteiger partial charge on any atom is 0.154 e. The number of rotatable bonds is 1. The van der Waals surface area contributed by atoms with Gasteiger partial charge in [-0.2, -0.15) is 0 Å². The van der Waals surface area contributed by atoms with Crippen LogP contribution in [0.5, 0.6) is 0 Å². The third kappa shape index (κ3) is 1.87. The lowest BCUT2D eigenvalue weighted by atomic mass is 10.2. The summed E-state index contributed by atoms with van der Waals surface area (Å²) in [5.74, 6) is 0.0995. The highest BCUT2D eigenvalue weighted by Gasteiger charge is 2.40. The van der Waals surface area contributed by atoms with Gasteiger partial charge >= 0.3 is 0 Å². The van der Waals surface area contributed by atoms with Gasteiger partial charge in [-0.1, -0.05) is 0 Å². The van der Waals surface area contributed by atoms with E-state index in [0.717, 1.165) is 25.9 Å². The van der Waals surface area contributed by atoms with Gasteiger partial charge in [-0.3, -0.25) is 4.90 Å². The molecule has 0 amide bonds. The summed E-state index contributed by atoms with van der Waals surface area (Å²) in [4.78, 5) is 2.11. The zero-order valence-corrected chi connectivity index (χ0v) is 8.33. The van der Waals surface area contributed by atoms with E-state index in [1.54, 1.807) is 0 Å². The molecule has 0 aromatic rings. The van der Waals surface area contributed by atoms with E-state index in [1.807, 2.05) is 0 Å². The summed E-state index contributed by atoms with van der Waals surface area (Å²) in [6, 6.07) is -0.132. The van der Waals surface area contributed by atoms with Crippen molar-refractivity contribution >= 4 is 9.84 Å². The summed E-state index contributed by atoms with van der Waals surface area (Å²) in [5, 5.41) is 9.56. The fraction of sp³-hybridized carbons (Fsp3) is 1.00. The average Bonchev–Trinajstić information content (AvgIpc) is 2.56. The summed E-state index contributed by atoms with van der Waals surface area (Å²) in [5.41, 5.74) is 0. The lowest BCUT2D eigenvalue weighted by Gasteiger charge is -2.24. The van der Waals surface area contributed by atoms with E-state index in [4.69, 9.17) is 0 Å². The first-order chi connectivity index (χ1) is 6.08. The number of nitrogens with zero attached hydrogens (tertiary/aromatic N) is 1. The Balaban J connectivity index is 2.08. The Bertz CT molecular complexity index is 282. The maximum atomic E-state index is 11.2. The second-order valence-corrected chi connectivity index (χ2v) is 6.11. The second-order valence-electron chi connectivity index (χ2n) is 3.95. The Morgan fingerprint density at radius 2 is 1.77 bits per heavy atom. The molecule has 76 valence electrons. The molecule has 0 bridgehead atoms. The van der Waals surface area contributed by atoms with Crippen molar-refractivity contribution in [2.45, 2.75) is 25.0 Å². The van der Waals surface area contributed by atoms with Gasteiger partial charge in [-0.25, -0.2) is 8.42 Å². The molecule has 5 heteroatoms. The number of aliphatic hydroxyl groups excluding tert-OH is 1. The topological polar surface area (TPSA) is 57.6 Å². The molecule has 2 rings (SSSR count). The first kappa shape index (κ1) is 9.43. The number of likely N-dealkylation sites (tertiary alicyclic amines) is 1. The van der Waals surface area contributed by atoms with Crippen LogP contribution in [0.3, 0.4) is 0 Å². The van der Waals surface area contributed by atoms with Gasteiger partial charge in [0.1, 0.15) is 0 Å². The van der Waals surface area contributed by atoms with Gasteiger partial charge in [0.2, 0.25) is 0 Å². The third-order valence-electron chi connectivity index (χ3n) is 2.90. The highest BCUT2D eigenvalue weighted by molar-refractivity contribution is 7.91. The fourth-order valence-corrected chi connectivity index (χ4v) is 4.06. The Morgan fingerprint density at radius 3 is 2.23 bits per heavy atom. The van der Waals surface area contributed by atoms with Crippen LogP contribution in [-0.4, -0.2) is 55.2 Å². The van der Waals surface area contributed by atoms with Crippen molar-refractivity contribution in [3.8, 4) is 0 Å². The highest BCUT2D eigenvalue weighted by atomic mass is 32.2. The Morgan fingerprint density at radius 1 is 1.15 bits per heavy atom. The van der Waals surface area contributed by atoms with E-state index in [9.17, 15) is 13.5 Å². The van der Waals surface area contributed by atoms with Gasteiger partial charge in [0.15, 0.2) is 9.84 Å². The predicted molar refractivity (Wildman–Crippen MR) is 49.3 cm³/mol. The van der Waals surface area contributed by atoms with Crippen LogP contribution in [-0.2, 0) is 9.84 Å². The zero-order chi connectivity index (χ0) is 9.47. The smallest absolute Gasteiger partial charge is 0.154 e. The molecule has 0 unspecified atom stereocenters. The Hall–Kier alpha value is -0.130. The first-order valence-electron chi connectivity index (χ1n) is 4.71.